The second-order valence-electron chi connectivity index (χ2n) is 20.6. The lowest BCUT2D eigenvalue weighted by molar-refractivity contribution is -0.150. The van der Waals surface area contributed by atoms with Crippen molar-refractivity contribution in [2.45, 2.75) is 196 Å². The number of carbonyl (C=O) groups is 9. The summed E-state index contributed by atoms with van der Waals surface area (Å²) in [6.07, 6.45) is -0.950. The van der Waals surface area contributed by atoms with E-state index in [1.165, 1.54) is 55.6 Å². The van der Waals surface area contributed by atoms with Crippen LogP contribution in [-0.2, 0) is 59.2 Å². The molecule has 69 heavy (non-hydrogen) atoms. The predicted octanol–water partition coefficient (Wildman–Crippen LogP) is 3.05. The molecule has 0 aliphatic rings. The number of nitrogens with one attached hydrogen (secondary N) is 8. The molecule has 1 aromatic rings. The van der Waals surface area contributed by atoms with Crippen LogP contribution in [0.25, 0.3) is 0 Å². The van der Waals surface area contributed by atoms with Crippen molar-refractivity contribution < 1.29 is 57.4 Å². The summed E-state index contributed by atoms with van der Waals surface area (Å²) in [6.45, 7) is 27.2. The van der Waals surface area contributed by atoms with Gasteiger partial charge in [0.15, 0.2) is 0 Å². The van der Waals surface area contributed by atoms with E-state index in [-0.39, 0.29) is 6.61 Å². The van der Waals surface area contributed by atoms with Crippen LogP contribution < -0.4 is 42.5 Å². The van der Waals surface area contributed by atoms with Gasteiger partial charge in [0.1, 0.15) is 52.4 Å². The molecule has 20 heteroatoms. The summed E-state index contributed by atoms with van der Waals surface area (Å²) >= 11 is 0. The summed E-state index contributed by atoms with van der Waals surface area (Å²) in [7, 11) is 1.19. The Labute approximate surface area is 408 Å². The molecule has 0 aromatic heterocycles. The zero-order valence-corrected chi connectivity index (χ0v) is 44.1. The van der Waals surface area contributed by atoms with Crippen LogP contribution in [0.15, 0.2) is 30.3 Å². The van der Waals surface area contributed by atoms with Crippen LogP contribution in [0.4, 0.5) is 4.79 Å². The van der Waals surface area contributed by atoms with Gasteiger partial charge in [-0.2, -0.15) is 0 Å². The monoisotopic (exact) mass is 975 g/mol. The highest BCUT2D eigenvalue weighted by molar-refractivity contribution is 5.99. The van der Waals surface area contributed by atoms with Crippen LogP contribution in [0.3, 0.4) is 0 Å². The van der Waals surface area contributed by atoms with E-state index in [0.29, 0.717) is 12.8 Å². The van der Waals surface area contributed by atoms with E-state index in [2.05, 4.69) is 42.5 Å². The fourth-order valence-corrected chi connectivity index (χ4v) is 6.52. The Morgan fingerprint density at radius 2 is 0.957 bits per heavy atom. The molecule has 8 N–H and O–H groups in total. The van der Waals surface area contributed by atoms with E-state index in [9.17, 15) is 43.2 Å². The molecule has 0 fully saturated rings. The average Bonchev–Trinajstić information content (AvgIpc) is 3.24. The molecule has 1 aromatic carbocycles. The van der Waals surface area contributed by atoms with Gasteiger partial charge >= 0.3 is 12.1 Å². The van der Waals surface area contributed by atoms with Crippen molar-refractivity contribution in [3.05, 3.63) is 35.9 Å². The number of rotatable bonds is 25. The molecule has 8 amide bonds. The zero-order valence-electron chi connectivity index (χ0n) is 44.1. The lowest BCUT2D eigenvalue weighted by Gasteiger charge is -2.34. The Morgan fingerprint density at radius 1 is 0.522 bits per heavy atom. The topological polar surface area (TPSA) is 278 Å². The van der Waals surface area contributed by atoms with E-state index in [1.807, 2.05) is 44.2 Å². The summed E-state index contributed by atoms with van der Waals surface area (Å²) in [5.41, 5.74) is -4.66. The molecule has 0 heterocycles. The molecule has 1 rings (SSSR count). The maximum atomic E-state index is 14.3. The number of methoxy groups -OCH3 is 1. The fraction of sp³-hybridized carbons (Fsp3) is 0.694. The van der Waals surface area contributed by atoms with Gasteiger partial charge in [-0.25, -0.2) is 9.59 Å². The van der Waals surface area contributed by atoms with E-state index < -0.39 is 130 Å². The number of hydrogen-bond acceptors (Lipinski definition) is 12. The van der Waals surface area contributed by atoms with Crippen LogP contribution in [0, 0.1) is 17.8 Å². The first-order valence-electron chi connectivity index (χ1n) is 23.6. The van der Waals surface area contributed by atoms with Crippen molar-refractivity contribution in [1.29, 1.82) is 0 Å². The fourth-order valence-electron chi connectivity index (χ4n) is 6.52. The van der Waals surface area contributed by atoms with Gasteiger partial charge < -0.3 is 56.7 Å². The third-order valence-electron chi connectivity index (χ3n) is 11.5. The first-order valence-corrected chi connectivity index (χ1v) is 23.6. The third-order valence-corrected chi connectivity index (χ3v) is 11.5. The average molecular weight is 975 g/mol. The van der Waals surface area contributed by atoms with Gasteiger partial charge in [-0.05, 0) is 99.5 Å². The van der Waals surface area contributed by atoms with Crippen molar-refractivity contribution >= 4 is 53.4 Å². The minimum absolute atomic E-state index is 0.0501. The van der Waals surface area contributed by atoms with Crippen LogP contribution in [0.2, 0.25) is 0 Å². The lowest BCUT2D eigenvalue weighted by Crippen LogP contribution is -2.65. The summed E-state index contributed by atoms with van der Waals surface area (Å²) in [4.78, 5) is 122. The number of hydrogen-bond donors (Lipinski definition) is 8. The number of alkyl carbamates (subject to hydrolysis) is 1. The number of benzene rings is 1. The summed E-state index contributed by atoms with van der Waals surface area (Å²) in [5, 5.41) is 21.3. The normalized spacial score (nSPS) is 15.5. The highest BCUT2D eigenvalue weighted by Crippen LogP contribution is 2.17. The Hall–Kier alpha value is -5.79. The molecule has 0 spiro atoms. The molecule has 0 bridgehead atoms. The maximum Gasteiger partial charge on any atom is 0.408 e. The first-order chi connectivity index (χ1) is 31.6. The highest BCUT2D eigenvalue weighted by atomic mass is 16.6. The van der Waals surface area contributed by atoms with Crippen LogP contribution >= 0.6 is 0 Å². The largest absolute Gasteiger partial charge is 0.467 e. The van der Waals surface area contributed by atoms with Crippen molar-refractivity contribution in [1.82, 2.24) is 42.5 Å². The van der Waals surface area contributed by atoms with E-state index in [0.717, 1.165) is 5.56 Å². The van der Waals surface area contributed by atoms with Crippen LogP contribution in [0.1, 0.15) is 136 Å². The Bertz CT molecular complexity index is 1950. The van der Waals surface area contributed by atoms with Gasteiger partial charge in [0.25, 0.3) is 0 Å². The van der Waals surface area contributed by atoms with Crippen LogP contribution in [-0.4, -0.2) is 119 Å². The Kier molecular flexibility index (Phi) is 23.3. The lowest BCUT2D eigenvalue weighted by atomic mass is 9.94. The van der Waals surface area contributed by atoms with E-state index >= 15 is 0 Å². The Balaban J connectivity index is 3.40. The number of amides is 8. The third kappa shape index (κ3) is 19.6. The zero-order chi connectivity index (χ0) is 53.4. The van der Waals surface area contributed by atoms with Crippen molar-refractivity contribution in [2.24, 2.45) is 17.8 Å². The molecule has 390 valence electrons. The quantitative estimate of drug-likeness (QED) is 0.0657. The molecule has 0 unspecified atom stereocenters. The Morgan fingerprint density at radius 3 is 1.41 bits per heavy atom. The van der Waals surface area contributed by atoms with Gasteiger partial charge in [-0.3, -0.25) is 33.6 Å². The summed E-state index contributed by atoms with van der Waals surface area (Å²) in [6, 6.07) is 2.95. The second-order valence-corrected chi connectivity index (χ2v) is 20.6. The molecule has 8 atom stereocenters. The van der Waals surface area contributed by atoms with Crippen LogP contribution in [0.5, 0.6) is 0 Å². The minimum Gasteiger partial charge on any atom is -0.467 e. The smallest absolute Gasteiger partial charge is 0.408 e. The van der Waals surface area contributed by atoms with Crippen molar-refractivity contribution in [3.63, 3.8) is 0 Å². The second kappa shape index (κ2) is 26.3. The standard InChI is InChI=1S/C49H82N8O12/c1-19-28(5)34(53-43(64)48(14,15)57-45(66)69-46(9,10)11)38(59)50-30(7)37(58)52-36(31(8)68-26-32-24-22-21-23-25-32)41(62)55-47(12,13)42(63)54-35(29(6)20-2)39(60)51-33(27(3)4)40(61)56-49(16,17)44(65)67-18/h21-25,27-31,33-36H,19-20,26H2,1-18H3,(H,50,59)(H,51,60)(H,52,58)(H,53,64)(H,54,63)(H,55,62)(H,56,61)(H,57,66)/t28-,29-,30-,31+,33-,34-,35-,36-/m0/s1. The molecule has 0 saturated carbocycles. The minimum atomic E-state index is -1.71. The van der Waals surface area contributed by atoms with Crippen molar-refractivity contribution in [3.8, 4) is 0 Å². The van der Waals surface area contributed by atoms with Crippen molar-refractivity contribution in [2.75, 3.05) is 7.11 Å². The maximum absolute atomic E-state index is 14.3. The molecule has 20 nitrogen and oxygen atoms in total. The number of carbonyl (C=O) groups excluding carboxylic acids is 9. The van der Waals surface area contributed by atoms with Gasteiger partial charge in [0, 0.05) is 0 Å². The highest BCUT2D eigenvalue weighted by Gasteiger charge is 2.41. The molecular weight excluding hydrogens is 893 g/mol. The number of ether oxygens (including phenoxy) is 3. The first kappa shape index (κ1) is 61.2. The molecule has 0 aliphatic heterocycles. The molecule has 0 aliphatic carbocycles. The van der Waals surface area contributed by atoms with E-state index in [1.54, 1.807) is 55.4 Å². The SMILES string of the molecule is CC[C@H](C)[C@H](NC(=O)C(C)(C)NC(=O)OC(C)(C)C)C(=O)N[C@@H](C)C(=O)N[C@H](C(=O)NC(C)(C)C(=O)N[C@H](C(=O)N[C@H](C(=O)NC(C)(C)C(=O)OC)C(C)C)[C@@H](C)CC)[C@@H](C)OCc1ccccc1. The van der Waals surface area contributed by atoms with Gasteiger partial charge in [0.05, 0.1) is 19.8 Å². The number of esters is 1. The van der Waals surface area contributed by atoms with Gasteiger partial charge in [-0.1, -0.05) is 84.7 Å². The van der Waals surface area contributed by atoms with E-state index in [4.69, 9.17) is 14.2 Å². The summed E-state index contributed by atoms with van der Waals surface area (Å²) in [5.74, 6) is -7.10. The van der Waals surface area contributed by atoms with Gasteiger partial charge in [-0.15, -0.1) is 0 Å². The molecule has 0 saturated heterocycles. The van der Waals surface area contributed by atoms with Gasteiger partial charge in [0.2, 0.25) is 41.4 Å². The summed E-state index contributed by atoms with van der Waals surface area (Å²) < 4.78 is 16.2. The predicted molar refractivity (Wildman–Crippen MR) is 260 cm³/mol. The molecule has 0 radical (unpaired) electrons. The molecular formula is C49H82N8O12.